The summed E-state index contributed by atoms with van der Waals surface area (Å²) in [6.45, 7) is 5.67. The third kappa shape index (κ3) is 4.56. The van der Waals surface area contributed by atoms with Gasteiger partial charge in [0.15, 0.2) is 0 Å². The monoisotopic (exact) mass is 279 g/mol. The second kappa shape index (κ2) is 7.33. The number of anilines is 2. The average molecular weight is 279 g/mol. The number of aromatic nitrogens is 1. The van der Waals surface area contributed by atoms with E-state index in [-0.39, 0.29) is 6.10 Å². The summed E-state index contributed by atoms with van der Waals surface area (Å²) in [6, 6.07) is 3.70. The largest absolute Gasteiger partial charge is 0.473 e. The zero-order chi connectivity index (χ0) is 14.4. The highest BCUT2D eigenvalue weighted by Crippen LogP contribution is 2.22. The highest BCUT2D eigenvalue weighted by molar-refractivity contribution is 5.53. The van der Waals surface area contributed by atoms with Crippen molar-refractivity contribution in [2.45, 2.75) is 51.7 Å². The SMILES string of the molecule is CC(C)Oc1nc(NCCC2CCCCO2)ccc1N. The lowest BCUT2D eigenvalue weighted by Gasteiger charge is -2.22. The van der Waals surface area contributed by atoms with E-state index in [4.69, 9.17) is 15.2 Å². The lowest BCUT2D eigenvalue weighted by molar-refractivity contribution is 0.0134. The summed E-state index contributed by atoms with van der Waals surface area (Å²) < 4.78 is 11.3. The van der Waals surface area contributed by atoms with Gasteiger partial charge in [-0.2, -0.15) is 4.98 Å². The first-order valence-corrected chi connectivity index (χ1v) is 7.44. The Balaban J connectivity index is 1.82. The van der Waals surface area contributed by atoms with Crippen molar-refractivity contribution in [3.63, 3.8) is 0 Å². The molecule has 0 aliphatic carbocycles. The molecular formula is C15H25N3O2. The van der Waals surface area contributed by atoms with E-state index in [1.165, 1.54) is 19.3 Å². The van der Waals surface area contributed by atoms with Crippen molar-refractivity contribution in [3.8, 4) is 5.88 Å². The summed E-state index contributed by atoms with van der Waals surface area (Å²) in [4.78, 5) is 4.40. The van der Waals surface area contributed by atoms with E-state index in [0.717, 1.165) is 25.4 Å². The van der Waals surface area contributed by atoms with Gasteiger partial charge in [-0.05, 0) is 51.7 Å². The Labute approximate surface area is 120 Å². The number of nitrogens with two attached hydrogens (primary N) is 1. The van der Waals surface area contributed by atoms with Crippen LogP contribution in [0, 0.1) is 0 Å². The number of hydrogen-bond acceptors (Lipinski definition) is 5. The molecule has 112 valence electrons. The quantitative estimate of drug-likeness (QED) is 0.838. The van der Waals surface area contributed by atoms with E-state index in [1.54, 1.807) is 0 Å². The number of pyridine rings is 1. The molecule has 1 fully saturated rings. The van der Waals surface area contributed by atoms with E-state index >= 15 is 0 Å². The van der Waals surface area contributed by atoms with Gasteiger partial charge in [-0.25, -0.2) is 0 Å². The first kappa shape index (κ1) is 14.9. The van der Waals surface area contributed by atoms with Crippen molar-refractivity contribution in [2.75, 3.05) is 24.2 Å². The standard InChI is InChI=1S/C15H25N3O2/c1-11(2)20-15-13(16)6-7-14(18-15)17-9-8-12-5-3-4-10-19-12/h6-7,11-12H,3-5,8-10,16H2,1-2H3,(H,17,18). The summed E-state index contributed by atoms with van der Waals surface area (Å²) in [5.41, 5.74) is 6.42. The van der Waals surface area contributed by atoms with Gasteiger partial charge < -0.3 is 20.5 Å². The van der Waals surface area contributed by atoms with Crippen LogP contribution in [0.1, 0.15) is 39.5 Å². The van der Waals surface area contributed by atoms with Crippen molar-refractivity contribution in [2.24, 2.45) is 0 Å². The Hall–Kier alpha value is -1.49. The number of nitrogen functional groups attached to an aromatic ring is 1. The third-order valence-corrected chi connectivity index (χ3v) is 3.28. The second-order valence-corrected chi connectivity index (χ2v) is 5.46. The molecule has 0 aromatic carbocycles. The summed E-state index contributed by atoms with van der Waals surface area (Å²) in [5.74, 6) is 1.30. The number of nitrogens with one attached hydrogen (secondary N) is 1. The van der Waals surface area contributed by atoms with Crippen LogP contribution in [-0.2, 0) is 4.74 Å². The minimum atomic E-state index is 0.0655. The molecule has 5 nitrogen and oxygen atoms in total. The number of ether oxygens (including phenoxy) is 2. The van der Waals surface area contributed by atoms with Gasteiger partial charge >= 0.3 is 0 Å². The summed E-state index contributed by atoms with van der Waals surface area (Å²) >= 11 is 0. The second-order valence-electron chi connectivity index (χ2n) is 5.46. The molecule has 1 aliphatic heterocycles. The van der Waals surface area contributed by atoms with Crippen molar-refractivity contribution in [3.05, 3.63) is 12.1 Å². The molecule has 0 amide bonds. The van der Waals surface area contributed by atoms with Crippen molar-refractivity contribution in [1.29, 1.82) is 0 Å². The fourth-order valence-corrected chi connectivity index (χ4v) is 2.26. The number of nitrogens with zero attached hydrogens (tertiary/aromatic N) is 1. The highest BCUT2D eigenvalue weighted by Gasteiger charge is 2.13. The maximum absolute atomic E-state index is 5.85. The molecule has 1 aliphatic rings. The van der Waals surface area contributed by atoms with Crippen molar-refractivity contribution >= 4 is 11.5 Å². The van der Waals surface area contributed by atoms with Crippen LogP contribution in [0.3, 0.4) is 0 Å². The van der Waals surface area contributed by atoms with Crippen LogP contribution in [-0.4, -0.2) is 30.3 Å². The summed E-state index contributed by atoms with van der Waals surface area (Å²) in [5, 5.41) is 3.31. The van der Waals surface area contributed by atoms with Crippen molar-refractivity contribution in [1.82, 2.24) is 4.98 Å². The van der Waals surface area contributed by atoms with Crippen molar-refractivity contribution < 1.29 is 9.47 Å². The van der Waals surface area contributed by atoms with Crippen LogP contribution in [0.25, 0.3) is 0 Å². The van der Waals surface area contributed by atoms with E-state index in [1.807, 2.05) is 26.0 Å². The van der Waals surface area contributed by atoms with E-state index in [9.17, 15) is 0 Å². The normalized spacial score (nSPS) is 19.1. The van der Waals surface area contributed by atoms with Gasteiger partial charge in [0.05, 0.1) is 17.9 Å². The molecule has 5 heteroatoms. The zero-order valence-electron chi connectivity index (χ0n) is 12.4. The van der Waals surface area contributed by atoms with E-state index in [2.05, 4.69) is 10.3 Å². The van der Waals surface area contributed by atoms with Crippen LogP contribution in [0.2, 0.25) is 0 Å². The molecule has 1 saturated heterocycles. The first-order chi connectivity index (χ1) is 9.65. The van der Waals surface area contributed by atoms with Gasteiger partial charge in [0.2, 0.25) is 5.88 Å². The summed E-state index contributed by atoms with van der Waals surface area (Å²) in [7, 11) is 0. The zero-order valence-corrected chi connectivity index (χ0v) is 12.4. The van der Waals surface area contributed by atoms with Gasteiger partial charge in [0.1, 0.15) is 5.82 Å². The molecule has 1 atom stereocenters. The van der Waals surface area contributed by atoms with Crippen LogP contribution in [0.15, 0.2) is 12.1 Å². The number of hydrogen-bond donors (Lipinski definition) is 2. The Kier molecular flexibility index (Phi) is 5.47. The first-order valence-electron chi connectivity index (χ1n) is 7.44. The molecule has 0 bridgehead atoms. The fraction of sp³-hybridized carbons (Fsp3) is 0.667. The lowest BCUT2D eigenvalue weighted by Crippen LogP contribution is -2.22. The fourth-order valence-electron chi connectivity index (χ4n) is 2.26. The molecule has 20 heavy (non-hydrogen) atoms. The minimum Gasteiger partial charge on any atom is -0.473 e. The molecular weight excluding hydrogens is 254 g/mol. The molecule has 0 spiro atoms. The van der Waals surface area contributed by atoms with Gasteiger partial charge in [0.25, 0.3) is 0 Å². The van der Waals surface area contributed by atoms with Crippen LogP contribution in [0.4, 0.5) is 11.5 Å². The maximum atomic E-state index is 5.85. The Morgan fingerprint density at radius 3 is 3.00 bits per heavy atom. The Morgan fingerprint density at radius 2 is 2.30 bits per heavy atom. The molecule has 1 unspecified atom stereocenters. The smallest absolute Gasteiger partial charge is 0.239 e. The molecule has 2 heterocycles. The van der Waals surface area contributed by atoms with E-state index in [0.29, 0.717) is 17.7 Å². The Morgan fingerprint density at radius 1 is 1.45 bits per heavy atom. The average Bonchev–Trinajstić information content (AvgIpc) is 2.43. The predicted molar refractivity (Wildman–Crippen MR) is 81.1 cm³/mol. The highest BCUT2D eigenvalue weighted by atomic mass is 16.5. The molecule has 3 N–H and O–H groups in total. The van der Waals surface area contributed by atoms with Gasteiger partial charge in [-0.1, -0.05) is 0 Å². The molecule has 2 rings (SSSR count). The van der Waals surface area contributed by atoms with Crippen LogP contribution < -0.4 is 15.8 Å². The van der Waals surface area contributed by atoms with Gasteiger partial charge in [-0.3, -0.25) is 0 Å². The predicted octanol–water partition coefficient (Wildman–Crippen LogP) is 2.82. The Bertz CT molecular complexity index is 418. The molecule has 1 aromatic rings. The van der Waals surface area contributed by atoms with Gasteiger partial charge in [-0.15, -0.1) is 0 Å². The lowest BCUT2D eigenvalue weighted by atomic mass is 10.1. The summed E-state index contributed by atoms with van der Waals surface area (Å²) in [6.07, 6.45) is 5.09. The third-order valence-electron chi connectivity index (χ3n) is 3.28. The topological polar surface area (TPSA) is 69.4 Å². The van der Waals surface area contributed by atoms with Gasteiger partial charge in [0, 0.05) is 13.2 Å². The molecule has 1 aromatic heterocycles. The van der Waals surface area contributed by atoms with Crippen LogP contribution >= 0.6 is 0 Å². The maximum Gasteiger partial charge on any atom is 0.239 e. The number of rotatable bonds is 6. The molecule has 0 saturated carbocycles. The van der Waals surface area contributed by atoms with Crippen LogP contribution in [0.5, 0.6) is 5.88 Å². The minimum absolute atomic E-state index is 0.0655. The molecule has 0 radical (unpaired) electrons. The van der Waals surface area contributed by atoms with E-state index < -0.39 is 0 Å².